The fraction of sp³-hybridized carbons (Fsp3) is 0.263. The summed E-state index contributed by atoms with van der Waals surface area (Å²) in [7, 11) is 0. The largest absolute Gasteiger partial charge is 0.478 e. The van der Waals surface area contributed by atoms with Crippen LogP contribution in [0, 0.1) is 10.8 Å². The van der Waals surface area contributed by atoms with Crippen molar-refractivity contribution >= 4 is 11.8 Å². The van der Waals surface area contributed by atoms with Crippen LogP contribution in [0.4, 0.5) is 0 Å². The van der Waals surface area contributed by atoms with Crippen molar-refractivity contribution in [1.82, 2.24) is 0 Å². The lowest BCUT2D eigenvalue weighted by atomic mass is 10.0. The molecule has 0 amide bonds. The summed E-state index contributed by atoms with van der Waals surface area (Å²) in [5.74, 6) is 0.379. The molecule has 0 radical (unpaired) electrons. The van der Waals surface area contributed by atoms with Crippen molar-refractivity contribution in [3.63, 3.8) is 0 Å². The second-order valence-corrected chi connectivity index (χ2v) is 4.68. The van der Waals surface area contributed by atoms with Crippen molar-refractivity contribution in [1.29, 1.82) is 10.8 Å². The lowest BCUT2D eigenvalue weighted by molar-refractivity contribution is 0.325. The van der Waals surface area contributed by atoms with Crippen molar-refractivity contribution < 1.29 is 9.47 Å². The molecule has 0 atom stereocenters. The van der Waals surface area contributed by atoms with Gasteiger partial charge in [-0.1, -0.05) is 31.7 Å². The topological polar surface area (TPSA) is 66.2 Å². The van der Waals surface area contributed by atoms with Gasteiger partial charge in [0.2, 0.25) is 11.8 Å². The summed E-state index contributed by atoms with van der Waals surface area (Å²) in [6, 6.07) is 15.4. The highest BCUT2D eigenvalue weighted by Crippen LogP contribution is 2.21. The maximum atomic E-state index is 7.76. The zero-order chi connectivity index (χ0) is 15.9. The van der Waals surface area contributed by atoms with E-state index >= 15 is 0 Å². The molecule has 0 aromatic heterocycles. The van der Waals surface area contributed by atoms with Crippen molar-refractivity contribution in [2.24, 2.45) is 0 Å². The van der Waals surface area contributed by atoms with Crippen LogP contribution in [0.25, 0.3) is 11.1 Å². The smallest absolute Gasteiger partial charge is 0.213 e. The molecule has 0 unspecified atom stereocenters. The zero-order valence-corrected chi connectivity index (χ0v) is 12.8. The average Bonchev–Trinajstić information content (AvgIpc) is 2.55. The van der Waals surface area contributed by atoms with Crippen LogP contribution in [-0.2, 0) is 9.47 Å². The van der Waals surface area contributed by atoms with E-state index in [2.05, 4.69) is 0 Å². The quantitative estimate of drug-likeness (QED) is 0.620. The van der Waals surface area contributed by atoms with Crippen LogP contribution < -0.4 is 0 Å². The van der Waals surface area contributed by atoms with Crippen LogP contribution in [0.5, 0.6) is 0 Å². The minimum Gasteiger partial charge on any atom is -0.478 e. The third kappa shape index (κ3) is 4.68. The van der Waals surface area contributed by atoms with E-state index in [4.69, 9.17) is 20.3 Å². The maximum Gasteiger partial charge on any atom is 0.213 e. The Kier molecular flexibility index (Phi) is 7.00. The molecule has 0 bridgehead atoms. The van der Waals surface area contributed by atoms with Gasteiger partial charge < -0.3 is 9.47 Å². The van der Waals surface area contributed by atoms with Gasteiger partial charge in [-0.3, -0.25) is 10.8 Å². The monoisotopic (exact) mass is 312 g/mol. The number of hydrogen-bond donors (Lipinski definition) is 2. The molecule has 0 fully saturated rings. The van der Waals surface area contributed by atoms with E-state index < -0.39 is 0 Å². The Morgan fingerprint density at radius 3 is 1.26 bits per heavy atom. The fourth-order valence-electron chi connectivity index (χ4n) is 2.08. The summed E-state index contributed by atoms with van der Waals surface area (Å²) in [4.78, 5) is 0. The van der Waals surface area contributed by atoms with Crippen molar-refractivity contribution in [2.45, 2.75) is 21.3 Å². The Bertz CT molecular complexity index is 587. The number of rotatable bonds is 5. The first-order valence-corrected chi connectivity index (χ1v) is 7.29. The van der Waals surface area contributed by atoms with Gasteiger partial charge in [-0.05, 0) is 49.2 Å². The summed E-state index contributed by atoms with van der Waals surface area (Å²) >= 11 is 0. The molecule has 2 aromatic rings. The van der Waals surface area contributed by atoms with E-state index in [1.807, 2.05) is 62.4 Å². The lowest BCUT2D eigenvalue weighted by Gasteiger charge is -2.08. The van der Waals surface area contributed by atoms with Gasteiger partial charge in [-0.15, -0.1) is 0 Å². The summed E-state index contributed by atoms with van der Waals surface area (Å²) in [5, 5.41) is 15.5. The highest BCUT2D eigenvalue weighted by molar-refractivity contribution is 5.93. The number of nitrogens with one attached hydrogen (secondary N) is 2. The fourth-order valence-corrected chi connectivity index (χ4v) is 2.08. The Labute approximate surface area is 138 Å². The molecule has 2 rings (SSSR count). The molecule has 0 aliphatic rings. The van der Waals surface area contributed by atoms with E-state index in [9.17, 15) is 0 Å². The van der Waals surface area contributed by atoms with Gasteiger partial charge in [0.05, 0.1) is 13.2 Å². The molecule has 2 N–H and O–H groups in total. The van der Waals surface area contributed by atoms with E-state index in [0.717, 1.165) is 22.3 Å². The van der Waals surface area contributed by atoms with Crippen LogP contribution in [0.3, 0.4) is 0 Å². The number of ether oxygens (including phenoxy) is 2. The predicted octanol–water partition coefficient (Wildman–Crippen LogP) is 4.71. The number of benzene rings is 2. The van der Waals surface area contributed by atoms with Crippen LogP contribution in [0.2, 0.25) is 0 Å². The third-order valence-electron chi connectivity index (χ3n) is 3.20. The molecule has 122 valence electrons. The first-order chi connectivity index (χ1) is 10.7. The minimum atomic E-state index is 0. The SMILES string of the molecule is C.CCOC(=N)c1ccc(-c2ccc(C(=N)OCC)cc2)cc1. The Morgan fingerprint density at radius 2 is 1.00 bits per heavy atom. The van der Waals surface area contributed by atoms with Crippen LogP contribution in [0.1, 0.15) is 32.4 Å². The molecular formula is C19H24N2O2. The number of hydrogen-bond acceptors (Lipinski definition) is 4. The first kappa shape index (κ1) is 18.4. The van der Waals surface area contributed by atoms with Crippen molar-refractivity contribution in [3.8, 4) is 11.1 Å². The van der Waals surface area contributed by atoms with Gasteiger partial charge in [0, 0.05) is 11.1 Å². The highest BCUT2D eigenvalue weighted by Gasteiger charge is 2.05. The molecule has 4 heteroatoms. The van der Waals surface area contributed by atoms with E-state index in [0.29, 0.717) is 13.2 Å². The highest BCUT2D eigenvalue weighted by atomic mass is 16.5. The molecule has 0 saturated heterocycles. The third-order valence-corrected chi connectivity index (χ3v) is 3.20. The Balaban J connectivity index is 0.00000264. The standard InChI is InChI=1S/C18H20N2O2.CH4/c1-3-21-17(19)15-9-5-13(6-10-15)14-7-11-16(12-8-14)18(20)22-4-2;/h5-12,19-20H,3-4H2,1-2H3;1H4. The molecule has 0 spiro atoms. The van der Waals surface area contributed by atoms with Crippen LogP contribution in [-0.4, -0.2) is 25.0 Å². The normalized spacial score (nSPS) is 9.65. The Morgan fingerprint density at radius 1 is 0.696 bits per heavy atom. The predicted molar refractivity (Wildman–Crippen MR) is 95.5 cm³/mol. The summed E-state index contributed by atoms with van der Waals surface area (Å²) in [5.41, 5.74) is 3.64. The van der Waals surface area contributed by atoms with Gasteiger partial charge in [-0.2, -0.15) is 0 Å². The van der Waals surface area contributed by atoms with Crippen molar-refractivity contribution in [3.05, 3.63) is 59.7 Å². The van der Waals surface area contributed by atoms with E-state index in [1.165, 1.54) is 0 Å². The van der Waals surface area contributed by atoms with Gasteiger partial charge in [-0.25, -0.2) is 0 Å². The summed E-state index contributed by atoms with van der Waals surface area (Å²) in [6.07, 6.45) is 0. The van der Waals surface area contributed by atoms with Crippen molar-refractivity contribution in [2.75, 3.05) is 13.2 Å². The first-order valence-electron chi connectivity index (χ1n) is 7.29. The van der Waals surface area contributed by atoms with Gasteiger partial charge in [0.25, 0.3) is 0 Å². The molecule has 0 saturated carbocycles. The maximum absolute atomic E-state index is 7.76. The second kappa shape index (κ2) is 8.73. The van der Waals surface area contributed by atoms with Gasteiger partial charge in [0.15, 0.2) is 0 Å². The van der Waals surface area contributed by atoms with Gasteiger partial charge in [0.1, 0.15) is 0 Å². The summed E-state index contributed by atoms with van der Waals surface area (Å²) < 4.78 is 10.4. The van der Waals surface area contributed by atoms with Gasteiger partial charge >= 0.3 is 0 Å². The van der Waals surface area contributed by atoms with E-state index in [1.54, 1.807) is 0 Å². The average molecular weight is 312 g/mol. The van der Waals surface area contributed by atoms with Crippen LogP contribution in [0.15, 0.2) is 48.5 Å². The molecule has 0 aliphatic carbocycles. The molecule has 4 nitrogen and oxygen atoms in total. The molecule has 0 aliphatic heterocycles. The minimum absolute atomic E-state index is 0. The second-order valence-electron chi connectivity index (χ2n) is 4.68. The Hall–Kier alpha value is -2.62. The van der Waals surface area contributed by atoms with E-state index in [-0.39, 0.29) is 19.2 Å². The molecule has 0 heterocycles. The molecule has 23 heavy (non-hydrogen) atoms. The lowest BCUT2D eigenvalue weighted by Crippen LogP contribution is -2.04. The zero-order valence-electron chi connectivity index (χ0n) is 12.8. The molecular weight excluding hydrogens is 288 g/mol. The molecule has 2 aromatic carbocycles. The van der Waals surface area contributed by atoms with Crippen LogP contribution >= 0.6 is 0 Å². The summed E-state index contributed by atoms with van der Waals surface area (Å²) in [6.45, 7) is 4.72.